The van der Waals surface area contributed by atoms with Gasteiger partial charge in [0.25, 0.3) is 5.91 Å². The van der Waals surface area contributed by atoms with Gasteiger partial charge in [0.1, 0.15) is 6.04 Å². The minimum absolute atomic E-state index is 0.0170. The van der Waals surface area contributed by atoms with Gasteiger partial charge < -0.3 is 19.5 Å². The lowest BCUT2D eigenvalue weighted by molar-refractivity contribution is -0.148. The van der Waals surface area contributed by atoms with Crippen molar-refractivity contribution in [2.45, 2.75) is 17.9 Å². The molecule has 12 heteroatoms. The number of nitrogens with one attached hydrogen (secondary N) is 2. The van der Waals surface area contributed by atoms with E-state index >= 15 is 0 Å². The molecule has 0 aliphatic rings. The first-order valence-corrected chi connectivity index (χ1v) is 10.9. The number of esters is 3. The van der Waals surface area contributed by atoms with Gasteiger partial charge in [0.2, 0.25) is 10.0 Å². The lowest BCUT2D eigenvalue weighted by Gasteiger charge is -2.14. The molecule has 11 nitrogen and oxygen atoms in total. The summed E-state index contributed by atoms with van der Waals surface area (Å²) in [5.74, 6) is -3.27. The molecule has 0 saturated heterocycles. The maximum absolute atomic E-state index is 12.3. The minimum Gasteiger partial charge on any atom is -0.465 e. The van der Waals surface area contributed by atoms with Gasteiger partial charge in [-0.3, -0.25) is 9.59 Å². The number of anilines is 1. The lowest BCUT2D eigenvalue weighted by atomic mass is 10.1. The molecule has 2 rings (SSSR count). The van der Waals surface area contributed by atoms with Crippen molar-refractivity contribution in [3.63, 3.8) is 0 Å². The van der Waals surface area contributed by atoms with Crippen LogP contribution >= 0.6 is 0 Å². The highest BCUT2D eigenvalue weighted by Crippen LogP contribution is 2.17. The Bertz CT molecular complexity index is 1110. The van der Waals surface area contributed by atoms with Crippen molar-refractivity contribution < 1.29 is 41.8 Å². The first-order valence-electron chi connectivity index (χ1n) is 9.43. The van der Waals surface area contributed by atoms with E-state index in [0.29, 0.717) is 0 Å². The summed E-state index contributed by atoms with van der Waals surface area (Å²) in [5.41, 5.74) is 0.0189. The van der Waals surface area contributed by atoms with Crippen LogP contribution in [0.1, 0.15) is 27.6 Å². The summed E-state index contributed by atoms with van der Waals surface area (Å²) >= 11 is 0. The Morgan fingerprint density at radius 3 is 1.97 bits per heavy atom. The average molecular weight is 478 g/mol. The molecule has 0 bridgehead atoms. The van der Waals surface area contributed by atoms with Crippen LogP contribution in [0.15, 0.2) is 53.4 Å². The zero-order valence-electron chi connectivity index (χ0n) is 18.0. The molecule has 0 aromatic heterocycles. The predicted octanol–water partition coefficient (Wildman–Crippen LogP) is 1.11. The van der Waals surface area contributed by atoms with Crippen molar-refractivity contribution in [2.75, 3.05) is 26.1 Å². The van der Waals surface area contributed by atoms with E-state index in [0.717, 1.165) is 14.2 Å². The van der Waals surface area contributed by atoms with E-state index in [2.05, 4.69) is 19.5 Å². The van der Waals surface area contributed by atoms with Gasteiger partial charge in [0, 0.05) is 5.69 Å². The Kier molecular flexibility index (Phi) is 8.65. The topological polar surface area (TPSA) is 154 Å². The molecule has 1 atom stereocenters. The highest BCUT2D eigenvalue weighted by atomic mass is 32.2. The summed E-state index contributed by atoms with van der Waals surface area (Å²) < 4.78 is 40.8. The van der Waals surface area contributed by atoms with Crippen molar-refractivity contribution in [3.8, 4) is 0 Å². The van der Waals surface area contributed by atoms with Gasteiger partial charge >= 0.3 is 17.9 Å². The Labute approximate surface area is 190 Å². The largest absolute Gasteiger partial charge is 0.465 e. The van der Waals surface area contributed by atoms with Gasteiger partial charge in [-0.1, -0.05) is 18.2 Å². The van der Waals surface area contributed by atoms with Crippen molar-refractivity contribution in [1.82, 2.24) is 4.72 Å². The number of hydrogen-bond donors (Lipinski definition) is 2. The SMILES string of the molecule is COC(=O)c1cc(NC(=O)COC(=O)C(C)NS(=O)(=O)c2ccccc2)cc(C(=O)OC)c1. The molecule has 0 heterocycles. The third kappa shape index (κ3) is 7.12. The molecule has 2 aromatic rings. The van der Waals surface area contributed by atoms with Crippen LogP contribution in [0.5, 0.6) is 0 Å². The summed E-state index contributed by atoms with van der Waals surface area (Å²) in [7, 11) is -1.66. The number of rotatable bonds is 9. The molecule has 0 spiro atoms. The molecule has 1 unspecified atom stereocenters. The Balaban J connectivity index is 2.01. The van der Waals surface area contributed by atoms with Gasteiger partial charge in [0.15, 0.2) is 6.61 Å². The first-order chi connectivity index (χ1) is 15.6. The first kappa shape index (κ1) is 25.5. The predicted molar refractivity (Wildman–Crippen MR) is 115 cm³/mol. The standard InChI is InChI=1S/C21H22N2O9S/c1-13(23-33(28,29)17-7-5-4-6-8-17)19(25)32-12-18(24)22-16-10-14(20(26)30-2)9-15(11-16)21(27)31-3/h4-11,13,23H,12H2,1-3H3,(H,22,24). The van der Waals surface area contributed by atoms with Crippen LogP contribution in [0.4, 0.5) is 5.69 Å². The molecule has 2 aromatic carbocycles. The highest BCUT2D eigenvalue weighted by Gasteiger charge is 2.23. The molecule has 33 heavy (non-hydrogen) atoms. The van der Waals surface area contributed by atoms with E-state index in [4.69, 9.17) is 4.74 Å². The monoisotopic (exact) mass is 478 g/mol. The average Bonchev–Trinajstić information content (AvgIpc) is 2.81. The van der Waals surface area contributed by atoms with E-state index in [1.807, 2.05) is 0 Å². The molecule has 0 aliphatic carbocycles. The fraction of sp³-hybridized carbons (Fsp3) is 0.238. The summed E-state index contributed by atoms with van der Waals surface area (Å²) in [6, 6.07) is 9.90. The van der Waals surface area contributed by atoms with Crippen molar-refractivity contribution in [2.24, 2.45) is 0 Å². The van der Waals surface area contributed by atoms with E-state index < -0.39 is 46.5 Å². The van der Waals surface area contributed by atoms with Crippen LogP contribution in [0.3, 0.4) is 0 Å². The van der Waals surface area contributed by atoms with Gasteiger partial charge in [-0.15, -0.1) is 0 Å². The molecule has 1 amide bonds. The van der Waals surface area contributed by atoms with Crippen LogP contribution in [0.2, 0.25) is 0 Å². The Morgan fingerprint density at radius 1 is 0.909 bits per heavy atom. The van der Waals surface area contributed by atoms with Crippen LogP contribution in [-0.2, 0) is 33.8 Å². The lowest BCUT2D eigenvalue weighted by Crippen LogP contribution is -2.40. The molecule has 0 aliphatic heterocycles. The quantitative estimate of drug-likeness (QED) is 0.398. The zero-order chi connectivity index (χ0) is 24.6. The number of ether oxygens (including phenoxy) is 3. The van der Waals surface area contributed by atoms with Crippen LogP contribution < -0.4 is 10.0 Å². The summed E-state index contributed by atoms with van der Waals surface area (Å²) in [4.78, 5) is 47.9. The third-order valence-electron chi connectivity index (χ3n) is 4.14. The maximum atomic E-state index is 12.3. The van der Waals surface area contributed by atoms with E-state index in [9.17, 15) is 27.6 Å². The number of hydrogen-bond acceptors (Lipinski definition) is 9. The number of sulfonamides is 1. The smallest absolute Gasteiger partial charge is 0.337 e. The molecule has 176 valence electrons. The number of carbonyl (C=O) groups is 4. The number of carbonyl (C=O) groups excluding carboxylic acids is 4. The van der Waals surface area contributed by atoms with E-state index in [-0.39, 0.29) is 21.7 Å². The molecular formula is C21H22N2O9S. The van der Waals surface area contributed by atoms with Gasteiger partial charge in [-0.2, -0.15) is 4.72 Å². The highest BCUT2D eigenvalue weighted by molar-refractivity contribution is 7.89. The maximum Gasteiger partial charge on any atom is 0.337 e. The molecule has 2 N–H and O–H groups in total. The molecule has 0 saturated carbocycles. The van der Waals surface area contributed by atoms with Crippen molar-refractivity contribution in [1.29, 1.82) is 0 Å². The van der Waals surface area contributed by atoms with Crippen LogP contribution in [0, 0.1) is 0 Å². The Hall–Kier alpha value is -3.77. The molecule has 0 fully saturated rings. The Morgan fingerprint density at radius 2 is 1.45 bits per heavy atom. The third-order valence-corrected chi connectivity index (χ3v) is 5.70. The fourth-order valence-electron chi connectivity index (χ4n) is 2.58. The number of benzene rings is 2. The second-order valence-corrected chi connectivity index (χ2v) is 8.31. The van der Waals surface area contributed by atoms with Gasteiger partial charge in [-0.25, -0.2) is 18.0 Å². The molecular weight excluding hydrogens is 456 g/mol. The number of amides is 1. The summed E-state index contributed by atoms with van der Waals surface area (Å²) in [6.45, 7) is 0.523. The van der Waals surface area contributed by atoms with Crippen LogP contribution in [0.25, 0.3) is 0 Å². The van der Waals surface area contributed by atoms with Crippen molar-refractivity contribution in [3.05, 3.63) is 59.7 Å². The fourth-order valence-corrected chi connectivity index (χ4v) is 3.79. The van der Waals surface area contributed by atoms with Crippen molar-refractivity contribution >= 4 is 39.5 Å². The minimum atomic E-state index is -3.96. The van der Waals surface area contributed by atoms with Gasteiger partial charge in [-0.05, 0) is 37.3 Å². The zero-order valence-corrected chi connectivity index (χ0v) is 18.8. The van der Waals surface area contributed by atoms with E-state index in [1.165, 1.54) is 49.4 Å². The van der Waals surface area contributed by atoms with E-state index in [1.54, 1.807) is 6.07 Å². The van der Waals surface area contributed by atoms with Gasteiger partial charge in [0.05, 0.1) is 30.2 Å². The molecule has 0 radical (unpaired) electrons. The second-order valence-electron chi connectivity index (χ2n) is 6.59. The number of methoxy groups -OCH3 is 2. The normalized spacial score (nSPS) is 11.7. The summed E-state index contributed by atoms with van der Waals surface area (Å²) in [6.07, 6.45) is 0. The summed E-state index contributed by atoms with van der Waals surface area (Å²) in [5, 5.41) is 2.38. The second kappa shape index (κ2) is 11.2. The van der Waals surface area contributed by atoms with Crippen LogP contribution in [-0.4, -0.2) is 59.1 Å².